The number of hydrogen-bond acceptors (Lipinski definition) is 5. The lowest BCUT2D eigenvalue weighted by molar-refractivity contribution is -0.0588. The van der Waals surface area contributed by atoms with Crippen LogP contribution in [0.5, 0.6) is 0 Å². The molecule has 1 saturated heterocycles. The molecular weight excluding hydrogens is 287 g/mol. The van der Waals surface area contributed by atoms with Crippen molar-refractivity contribution in [2.24, 2.45) is 0 Å². The van der Waals surface area contributed by atoms with Gasteiger partial charge in [0.2, 0.25) is 10.0 Å². The molecular formula is C12H17FN2O4S. The van der Waals surface area contributed by atoms with E-state index in [2.05, 4.69) is 4.72 Å². The summed E-state index contributed by atoms with van der Waals surface area (Å²) in [4.78, 5) is -0.520. The maximum Gasteiger partial charge on any atom is 0.243 e. The highest BCUT2D eigenvalue weighted by molar-refractivity contribution is 7.89. The normalized spacial score (nSPS) is 18.9. The molecule has 0 spiro atoms. The molecule has 1 aliphatic rings. The summed E-state index contributed by atoms with van der Waals surface area (Å²) in [6, 6.07) is 3.32. The van der Waals surface area contributed by atoms with E-state index in [0.29, 0.717) is 26.1 Å². The van der Waals surface area contributed by atoms with E-state index >= 15 is 0 Å². The zero-order chi connectivity index (χ0) is 14.8. The monoisotopic (exact) mass is 304 g/mol. The summed E-state index contributed by atoms with van der Waals surface area (Å²) < 4.78 is 45.0. The van der Waals surface area contributed by atoms with E-state index in [1.807, 2.05) is 0 Å². The van der Waals surface area contributed by atoms with E-state index in [0.717, 1.165) is 12.1 Å². The first kappa shape index (κ1) is 15.2. The molecule has 4 N–H and O–H groups in total. The number of nitrogens with one attached hydrogen (secondary N) is 1. The van der Waals surface area contributed by atoms with Gasteiger partial charge in [-0.25, -0.2) is 17.5 Å². The van der Waals surface area contributed by atoms with Gasteiger partial charge in [0.1, 0.15) is 10.7 Å². The molecule has 0 aliphatic carbocycles. The predicted octanol–water partition coefficient (Wildman–Crippen LogP) is 0.228. The van der Waals surface area contributed by atoms with Gasteiger partial charge in [-0.05, 0) is 18.2 Å². The van der Waals surface area contributed by atoms with E-state index in [-0.39, 0.29) is 12.2 Å². The van der Waals surface area contributed by atoms with Gasteiger partial charge in [-0.1, -0.05) is 0 Å². The molecule has 20 heavy (non-hydrogen) atoms. The van der Waals surface area contributed by atoms with Gasteiger partial charge in [0.05, 0.1) is 5.60 Å². The Bertz CT molecular complexity index is 585. The van der Waals surface area contributed by atoms with Crippen molar-refractivity contribution in [3.8, 4) is 0 Å². The third-order valence-electron chi connectivity index (χ3n) is 3.26. The van der Waals surface area contributed by atoms with Crippen LogP contribution in [0.15, 0.2) is 23.1 Å². The minimum atomic E-state index is -4.06. The number of halogens is 1. The Morgan fingerprint density at radius 3 is 2.70 bits per heavy atom. The summed E-state index contributed by atoms with van der Waals surface area (Å²) in [6.07, 6.45) is 0.657. The number of ether oxygens (including phenoxy) is 1. The molecule has 0 radical (unpaired) electrons. The Morgan fingerprint density at radius 1 is 1.40 bits per heavy atom. The maximum absolute atomic E-state index is 13.6. The lowest BCUT2D eigenvalue weighted by Crippen LogP contribution is -2.46. The first-order valence-corrected chi connectivity index (χ1v) is 7.66. The highest BCUT2D eigenvalue weighted by Crippen LogP contribution is 2.22. The molecule has 0 bridgehead atoms. The van der Waals surface area contributed by atoms with Crippen molar-refractivity contribution in [2.75, 3.05) is 25.5 Å². The van der Waals surface area contributed by atoms with Crippen LogP contribution in [0.4, 0.5) is 10.1 Å². The van der Waals surface area contributed by atoms with Crippen LogP contribution in [0.25, 0.3) is 0 Å². The molecule has 112 valence electrons. The third kappa shape index (κ3) is 3.45. The summed E-state index contributed by atoms with van der Waals surface area (Å²) in [5.74, 6) is -0.884. The number of aliphatic hydroxyl groups is 1. The molecule has 0 amide bonds. The predicted molar refractivity (Wildman–Crippen MR) is 71.0 cm³/mol. The topological polar surface area (TPSA) is 102 Å². The fourth-order valence-corrected chi connectivity index (χ4v) is 3.19. The van der Waals surface area contributed by atoms with Crippen molar-refractivity contribution in [3.63, 3.8) is 0 Å². The van der Waals surface area contributed by atoms with Crippen molar-refractivity contribution >= 4 is 15.7 Å². The fourth-order valence-electron chi connectivity index (χ4n) is 1.96. The lowest BCUT2D eigenvalue weighted by Gasteiger charge is -2.31. The molecule has 1 heterocycles. The Balaban J connectivity index is 2.13. The second kappa shape index (κ2) is 5.65. The van der Waals surface area contributed by atoms with Gasteiger partial charge in [0.25, 0.3) is 0 Å². The quantitative estimate of drug-likeness (QED) is 0.691. The SMILES string of the molecule is Nc1ccc(F)c(S(=O)(=O)NCC2(O)CCOCC2)c1. The Hall–Kier alpha value is -1.22. The highest BCUT2D eigenvalue weighted by Gasteiger charge is 2.32. The van der Waals surface area contributed by atoms with Crippen LogP contribution in [0.2, 0.25) is 0 Å². The fraction of sp³-hybridized carbons (Fsp3) is 0.500. The summed E-state index contributed by atoms with van der Waals surface area (Å²) in [5, 5.41) is 10.2. The van der Waals surface area contributed by atoms with Gasteiger partial charge >= 0.3 is 0 Å². The van der Waals surface area contributed by atoms with E-state index in [1.165, 1.54) is 6.07 Å². The molecule has 0 saturated carbocycles. The molecule has 0 atom stereocenters. The van der Waals surface area contributed by atoms with Gasteiger partial charge in [0, 0.05) is 38.3 Å². The molecule has 1 aromatic rings. The second-order valence-corrected chi connectivity index (χ2v) is 6.59. The van der Waals surface area contributed by atoms with Crippen LogP contribution in [-0.2, 0) is 14.8 Å². The molecule has 0 aromatic heterocycles. The molecule has 6 nitrogen and oxygen atoms in total. The van der Waals surface area contributed by atoms with Crippen LogP contribution in [-0.4, -0.2) is 38.9 Å². The number of benzene rings is 1. The van der Waals surface area contributed by atoms with Gasteiger partial charge in [-0.2, -0.15) is 0 Å². The van der Waals surface area contributed by atoms with Gasteiger partial charge in [-0.15, -0.1) is 0 Å². The average molecular weight is 304 g/mol. The van der Waals surface area contributed by atoms with Crippen LogP contribution >= 0.6 is 0 Å². The molecule has 0 unspecified atom stereocenters. The minimum absolute atomic E-state index is 0.150. The number of rotatable bonds is 4. The van der Waals surface area contributed by atoms with E-state index in [4.69, 9.17) is 10.5 Å². The summed E-state index contributed by atoms with van der Waals surface area (Å²) in [5.41, 5.74) is 4.45. The van der Waals surface area contributed by atoms with Crippen molar-refractivity contribution in [1.82, 2.24) is 4.72 Å². The standard InChI is InChI=1S/C12H17FN2O4S/c13-10-2-1-9(14)7-11(10)20(17,18)15-8-12(16)3-5-19-6-4-12/h1-2,7,15-16H,3-6,8,14H2. The van der Waals surface area contributed by atoms with E-state index < -0.39 is 26.3 Å². The van der Waals surface area contributed by atoms with Crippen molar-refractivity contribution in [2.45, 2.75) is 23.3 Å². The van der Waals surface area contributed by atoms with Crippen molar-refractivity contribution < 1.29 is 22.7 Å². The van der Waals surface area contributed by atoms with Crippen LogP contribution in [0, 0.1) is 5.82 Å². The minimum Gasteiger partial charge on any atom is -0.399 e. The number of sulfonamides is 1. The molecule has 8 heteroatoms. The van der Waals surface area contributed by atoms with Crippen molar-refractivity contribution in [1.29, 1.82) is 0 Å². The zero-order valence-corrected chi connectivity index (χ0v) is 11.6. The van der Waals surface area contributed by atoms with Crippen LogP contribution in [0.1, 0.15) is 12.8 Å². The van der Waals surface area contributed by atoms with Gasteiger partial charge < -0.3 is 15.6 Å². The summed E-state index contributed by atoms with van der Waals surface area (Å²) in [6.45, 7) is 0.544. The lowest BCUT2D eigenvalue weighted by atomic mass is 9.95. The smallest absolute Gasteiger partial charge is 0.243 e. The third-order valence-corrected chi connectivity index (χ3v) is 4.68. The summed E-state index contributed by atoms with van der Waals surface area (Å²) >= 11 is 0. The van der Waals surface area contributed by atoms with E-state index in [1.54, 1.807) is 0 Å². The number of anilines is 1. The van der Waals surface area contributed by atoms with Crippen LogP contribution < -0.4 is 10.5 Å². The Morgan fingerprint density at radius 2 is 2.05 bits per heavy atom. The Kier molecular flexibility index (Phi) is 4.28. The maximum atomic E-state index is 13.6. The number of nitrogen functional groups attached to an aromatic ring is 1. The molecule has 1 fully saturated rings. The van der Waals surface area contributed by atoms with Gasteiger partial charge in [0.15, 0.2) is 0 Å². The van der Waals surface area contributed by atoms with Gasteiger partial charge in [-0.3, -0.25) is 0 Å². The molecule has 2 rings (SSSR count). The van der Waals surface area contributed by atoms with Crippen LogP contribution in [0.3, 0.4) is 0 Å². The second-order valence-electron chi connectivity index (χ2n) is 4.85. The van der Waals surface area contributed by atoms with Crippen molar-refractivity contribution in [3.05, 3.63) is 24.0 Å². The number of hydrogen-bond donors (Lipinski definition) is 3. The molecule has 1 aliphatic heterocycles. The largest absolute Gasteiger partial charge is 0.399 e. The number of nitrogens with two attached hydrogens (primary N) is 1. The highest BCUT2D eigenvalue weighted by atomic mass is 32.2. The first-order chi connectivity index (χ1) is 9.32. The Labute approximate surface area is 116 Å². The average Bonchev–Trinajstić information content (AvgIpc) is 2.40. The zero-order valence-electron chi connectivity index (χ0n) is 10.8. The first-order valence-electron chi connectivity index (χ1n) is 6.17. The summed E-state index contributed by atoms with van der Waals surface area (Å²) in [7, 11) is -4.06. The van der Waals surface area contributed by atoms with E-state index in [9.17, 15) is 17.9 Å². The molecule has 1 aromatic carbocycles.